The van der Waals surface area contributed by atoms with Crippen molar-refractivity contribution in [2.45, 2.75) is 50.6 Å². The summed E-state index contributed by atoms with van der Waals surface area (Å²) in [6.45, 7) is 6.02. The molecule has 18 heavy (non-hydrogen) atoms. The van der Waals surface area contributed by atoms with Gasteiger partial charge in [0.05, 0.1) is 6.20 Å². The number of H-pyrrole nitrogens is 1. The van der Waals surface area contributed by atoms with Crippen LogP contribution in [-0.4, -0.2) is 30.5 Å². The van der Waals surface area contributed by atoms with E-state index in [1.165, 1.54) is 6.20 Å². The molecular weight excluding hydrogens is 252 g/mol. The molecule has 0 fully saturated rings. The zero-order valence-electron chi connectivity index (χ0n) is 11.2. The van der Waals surface area contributed by atoms with Crippen LogP contribution in [-0.2, 0) is 16.4 Å². The first-order chi connectivity index (χ1) is 8.43. The second-order valence-corrected chi connectivity index (χ2v) is 6.00. The fourth-order valence-electron chi connectivity index (χ4n) is 1.72. The molecule has 0 radical (unpaired) electrons. The minimum absolute atomic E-state index is 0.0964. The van der Waals surface area contributed by atoms with Crippen molar-refractivity contribution in [3.05, 3.63) is 12.0 Å². The molecule has 0 aliphatic heterocycles. The fraction of sp³-hybridized carbons (Fsp3) is 0.727. The van der Waals surface area contributed by atoms with Gasteiger partial charge in [-0.1, -0.05) is 20.8 Å². The number of nitrogens with two attached hydrogens (primary N) is 1. The van der Waals surface area contributed by atoms with Crippen LogP contribution in [0.2, 0.25) is 0 Å². The first-order valence-electron chi connectivity index (χ1n) is 6.21. The molecule has 0 saturated heterocycles. The summed E-state index contributed by atoms with van der Waals surface area (Å²) in [6, 6.07) is 0. The van der Waals surface area contributed by atoms with Crippen molar-refractivity contribution in [2.75, 3.05) is 6.54 Å². The maximum absolute atomic E-state index is 12.2. The van der Waals surface area contributed by atoms with Gasteiger partial charge in [-0.2, -0.15) is 0 Å². The van der Waals surface area contributed by atoms with E-state index in [4.69, 9.17) is 5.73 Å². The number of nitrogens with zero attached hydrogens (tertiary/aromatic N) is 1. The van der Waals surface area contributed by atoms with E-state index in [9.17, 15) is 8.42 Å². The van der Waals surface area contributed by atoms with E-state index in [1.807, 2.05) is 20.8 Å². The summed E-state index contributed by atoms with van der Waals surface area (Å²) >= 11 is 0. The number of imidazole rings is 1. The minimum Gasteiger partial charge on any atom is -0.332 e. The van der Waals surface area contributed by atoms with Crippen LogP contribution in [0.1, 0.15) is 39.4 Å². The molecule has 0 bridgehead atoms. The summed E-state index contributed by atoms with van der Waals surface area (Å²) in [7, 11) is -3.59. The Labute approximate surface area is 108 Å². The second kappa shape index (κ2) is 5.81. The second-order valence-electron chi connectivity index (χ2n) is 4.34. The van der Waals surface area contributed by atoms with E-state index in [2.05, 4.69) is 14.7 Å². The Morgan fingerprint density at radius 2 is 2.00 bits per heavy atom. The van der Waals surface area contributed by atoms with Gasteiger partial charge in [0, 0.05) is 18.5 Å². The summed E-state index contributed by atoms with van der Waals surface area (Å²) in [5, 5.41) is 0.0964. The largest absolute Gasteiger partial charge is 0.332 e. The molecule has 0 aromatic carbocycles. The van der Waals surface area contributed by atoms with Gasteiger partial charge >= 0.3 is 0 Å². The average Bonchev–Trinajstić information content (AvgIpc) is 2.85. The van der Waals surface area contributed by atoms with Crippen LogP contribution >= 0.6 is 0 Å². The lowest BCUT2D eigenvalue weighted by molar-refractivity contribution is 0.362. The van der Waals surface area contributed by atoms with Gasteiger partial charge in [0.2, 0.25) is 0 Å². The molecule has 7 heteroatoms. The highest BCUT2D eigenvalue weighted by Gasteiger charge is 2.31. The molecule has 0 saturated carbocycles. The smallest absolute Gasteiger partial charge is 0.258 e. The molecule has 1 aromatic heterocycles. The number of aryl methyl sites for hydroxylation is 1. The van der Waals surface area contributed by atoms with Gasteiger partial charge in [-0.3, -0.25) is 0 Å². The van der Waals surface area contributed by atoms with Gasteiger partial charge in [-0.05, 0) is 12.8 Å². The zero-order valence-corrected chi connectivity index (χ0v) is 12.0. The molecule has 1 heterocycles. The van der Waals surface area contributed by atoms with Crippen molar-refractivity contribution < 1.29 is 8.42 Å². The Hall–Kier alpha value is -0.920. The van der Waals surface area contributed by atoms with E-state index >= 15 is 0 Å². The average molecular weight is 274 g/mol. The molecule has 1 aromatic rings. The lowest BCUT2D eigenvalue weighted by atomic mass is 9.95. The third-order valence-electron chi connectivity index (χ3n) is 3.32. The zero-order chi connectivity index (χ0) is 13.8. The number of aromatic amines is 1. The van der Waals surface area contributed by atoms with Crippen LogP contribution in [0.4, 0.5) is 0 Å². The maximum Gasteiger partial charge on any atom is 0.258 e. The van der Waals surface area contributed by atoms with Gasteiger partial charge in [-0.15, -0.1) is 0 Å². The highest BCUT2D eigenvalue weighted by atomic mass is 32.2. The molecule has 0 amide bonds. The first-order valence-corrected chi connectivity index (χ1v) is 7.69. The van der Waals surface area contributed by atoms with E-state index < -0.39 is 15.6 Å². The standard InChI is InChI=1S/C11H22N4O2S/c1-4-9-13-7-10(14-9)18(16,17)15-11(5-2,6-3)8-12/h7,15H,4-6,8,12H2,1-3H3,(H,13,14). The molecule has 4 N–H and O–H groups in total. The van der Waals surface area contributed by atoms with E-state index in [0.29, 0.717) is 25.1 Å². The number of hydrogen-bond acceptors (Lipinski definition) is 4. The summed E-state index contributed by atoms with van der Waals surface area (Å²) in [4.78, 5) is 6.80. The monoisotopic (exact) mass is 274 g/mol. The molecule has 1 rings (SSSR count). The number of nitrogens with one attached hydrogen (secondary N) is 2. The van der Waals surface area contributed by atoms with E-state index in [0.717, 1.165) is 0 Å². The molecule has 0 atom stereocenters. The van der Waals surface area contributed by atoms with Crippen LogP contribution in [0.15, 0.2) is 11.2 Å². The SMILES string of the molecule is CCc1ncc(S(=O)(=O)NC(CC)(CC)CN)[nH]1. The lowest BCUT2D eigenvalue weighted by Crippen LogP contribution is -2.52. The Morgan fingerprint density at radius 3 is 2.39 bits per heavy atom. The van der Waals surface area contributed by atoms with Gasteiger partial charge in [0.1, 0.15) is 5.82 Å². The third kappa shape index (κ3) is 3.09. The van der Waals surface area contributed by atoms with E-state index in [1.54, 1.807) is 0 Å². The summed E-state index contributed by atoms with van der Waals surface area (Å²) in [5.41, 5.74) is 5.11. The topological polar surface area (TPSA) is 101 Å². The molecular formula is C11H22N4O2S. The minimum atomic E-state index is -3.59. The van der Waals surface area contributed by atoms with Crippen LogP contribution in [0.3, 0.4) is 0 Å². The lowest BCUT2D eigenvalue weighted by Gasteiger charge is -2.30. The highest BCUT2D eigenvalue weighted by Crippen LogP contribution is 2.17. The van der Waals surface area contributed by atoms with Crippen molar-refractivity contribution in [3.63, 3.8) is 0 Å². The number of hydrogen-bond donors (Lipinski definition) is 3. The molecule has 104 valence electrons. The predicted molar refractivity (Wildman–Crippen MR) is 70.7 cm³/mol. The third-order valence-corrected chi connectivity index (χ3v) is 4.81. The molecule has 0 aliphatic rings. The van der Waals surface area contributed by atoms with Gasteiger partial charge in [0.25, 0.3) is 10.0 Å². The molecule has 6 nitrogen and oxygen atoms in total. The Morgan fingerprint density at radius 1 is 1.39 bits per heavy atom. The van der Waals surface area contributed by atoms with Crippen LogP contribution in [0.25, 0.3) is 0 Å². The van der Waals surface area contributed by atoms with Crippen molar-refractivity contribution in [2.24, 2.45) is 5.73 Å². The first kappa shape index (κ1) is 15.1. The van der Waals surface area contributed by atoms with Crippen LogP contribution in [0.5, 0.6) is 0 Å². The normalized spacial score (nSPS) is 12.9. The molecule has 0 spiro atoms. The highest BCUT2D eigenvalue weighted by molar-refractivity contribution is 7.89. The molecule has 0 unspecified atom stereocenters. The van der Waals surface area contributed by atoms with E-state index in [-0.39, 0.29) is 11.6 Å². The summed E-state index contributed by atoms with van der Waals surface area (Å²) < 4.78 is 27.1. The summed E-state index contributed by atoms with van der Waals surface area (Å²) in [5.74, 6) is 0.654. The van der Waals surface area contributed by atoms with Crippen LogP contribution < -0.4 is 10.5 Å². The maximum atomic E-state index is 12.2. The number of aromatic nitrogens is 2. The van der Waals surface area contributed by atoms with Crippen LogP contribution in [0, 0.1) is 0 Å². The number of sulfonamides is 1. The van der Waals surface area contributed by atoms with Crippen molar-refractivity contribution in [1.82, 2.24) is 14.7 Å². The fourth-order valence-corrected chi connectivity index (χ4v) is 3.22. The quantitative estimate of drug-likeness (QED) is 0.683. The van der Waals surface area contributed by atoms with Crippen molar-refractivity contribution in [3.8, 4) is 0 Å². The Kier molecular flexibility index (Phi) is 4.89. The van der Waals surface area contributed by atoms with Crippen molar-refractivity contribution in [1.29, 1.82) is 0 Å². The van der Waals surface area contributed by atoms with Gasteiger partial charge in [-0.25, -0.2) is 18.1 Å². The number of rotatable bonds is 7. The molecule has 0 aliphatic carbocycles. The van der Waals surface area contributed by atoms with Gasteiger partial charge < -0.3 is 10.7 Å². The predicted octanol–water partition coefficient (Wildman–Crippen LogP) is 0.768. The Bertz CT molecular complexity index is 469. The Balaban J connectivity index is 3.00. The van der Waals surface area contributed by atoms with Gasteiger partial charge in [0.15, 0.2) is 5.03 Å². The van der Waals surface area contributed by atoms with Crippen molar-refractivity contribution >= 4 is 10.0 Å². The summed E-state index contributed by atoms with van der Waals surface area (Å²) in [6.07, 6.45) is 3.30.